The number of hydrogen-bond donors (Lipinski definition) is 1. The Hall–Kier alpha value is -5.13. The molecular weight excluding hydrogens is 508 g/mol. The van der Waals surface area contributed by atoms with Crippen molar-refractivity contribution < 1.29 is 9.53 Å². The maximum atomic E-state index is 12.1. The number of benzene rings is 2. The molecule has 2 atom stereocenters. The number of rotatable bonds is 6. The molecule has 3 aromatic heterocycles. The van der Waals surface area contributed by atoms with Crippen molar-refractivity contribution in [3.63, 3.8) is 0 Å². The molecule has 40 heavy (non-hydrogen) atoms. The number of nitrogens with zero attached hydrogens (tertiary/aromatic N) is 9. The Morgan fingerprint density at radius 2 is 2.00 bits per heavy atom. The van der Waals surface area contributed by atoms with Crippen molar-refractivity contribution in [1.82, 2.24) is 39.8 Å². The summed E-state index contributed by atoms with van der Waals surface area (Å²) in [6, 6.07) is 11.9. The smallest absolute Gasteiger partial charge is 0.246 e. The minimum absolute atomic E-state index is 0.0234. The highest BCUT2D eigenvalue weighted by molar-refractivity contribution is 5.89. The van der Waals surface area contributed by atoms with Crippen LogP contribution in [-0.4, -0.2) is 70.9 Å². The quantitative estimate of drug-likeness (QED) is 0.323. The number of piperazine rings is 1. The monoisotopic (exact) mass is 534 g/mol. The molecule has 0 aliphatic carbocycles. The molecule has 0 radical (unpaired) electrons. The zero-order valence-electron chi connectivity index (χ0n) is 22.0. The molecule has 0 saturated carbocycles. The molecule has 1 amide bonds. The molecule has 2 saturated heterocycles. The topological polar surface area (TPSA) is 127 Å². The molecule has 2 unspecified atom stereocenters. The maximum absolute atomic E-state index is 12.1. The van der Waals surface area contributed by atoms with E-state index in [0.717, 1.165) is 34.5 Å². The predicted octanol–water partition coefficient (Wildman–Crippen LogP) is 3.52. The fourth-order valence-electron chi connectivity index (χ4n) is 5.56. The van der Waals surface area contributed by atoms with Crippen molar-refractivity contribution in [1.29, 1.82) is 0 Å². The van der Waals surface area contributed by atoms with E-state index < -0.39 is 0 Å². The summed E-state index contributed by atoms with van der Waals surface area (Å²) < 4.78 is 7.87. The van der Waals surface area contributed by atoms with Gasteiger partial charge in [0, 0.05) is 31.9 Å². The Morgan fingerprint density at radius 1 is 1.10 bits per heavy atom. The van der Waals surface area contributed by atoms with Gasteiger partial charge in [-0.1, -0.05) is 11.8 Å². The molecule has 2 bridgehead atoms. The van der Waals surface area contributed by atoms with Crippen molar-refractivity contribution >= 4 is 45.4 Å². The molecule has 1 N–H and O–H groups in total. The van der Waals surface area contributed by atoms with Gasteiger partial charge in [-0.3, -0.25) is 4.79 Å². The standard InChI is InChI=1S/C28H26N10O2/c1-4-25(39)37-13-19-10-18(37)14-38(19)28-29-12-22-26(33-28)27(31-15-30-22)32-17-5-8-24(16(2)9-17)40-20-6-7-23-21(11-20)34-35-36(23)3/h4-9,11-12,15,18-19H,1,10,13-14H2,2-3H3,(H,30,31,32). The zero-order valence-corrected chi connectivity index (χ0v) is 22.0. The number of hydrogen-bond acceptors (Lipinski definition) is 10. The third kappa shape index (κ3) is 4.04. The van der Waals surface area contributed by atoms with Gasteiger partial charge in [-0.25, -0.2) is 24.6 Å². The van der Waals surface area contributed by atoms with Crippen LogP contribution in [0.2, 0.25) is 0 Å². The summed E-state index contributed by atoms with van der Waals surface area (Å²) in [6.07, 6.45) is 5.50. The van der Waals surface area contributed by atoms with E-state index >= 15 is 0 Å². The number of ether oxygens (including phenoxy) is 1. The van der Waals surface area contributed by atoms with E-state index in [-0.39, 0.29) is 18.0 Å². The molecule has 7 rings (SSSR count). The summed E-state index contributed by atoms with van der Waals surface area (Å²) in [5.41, 5.74) is 4.78. The Kier molecular flexibility index (Phi) is 5.54. The number of anilines is 3. The highest BCUT2D eigenvalue weighted by Gasteiger charge is 2.45. The van der Waals surface area contributed by atoms with Gasteiger partial charge in [0.2, 0.25) is 11.9 Å². The summed E-state index contributed by atoms with van der Waals surface area (Å²) >= 11 is 0. The normalized spacial score (nSPS) is 18.1. The van der Waals surface area contributed by atoms with E-state index in [4.69, 9.17) is 9.72 Å². The molecule has 2 aliphatic rings. The lowest BCUT2D eigenvalue weighted by atomic mass is 10.2. The van der Waals surface area contributed by atoms with Crippen LogP contribution in [0.3, 0.4) is 0 Å². The third-order valence-electron chi connectivity index (χ3n) is 7.57. The summed E-state index contributed by atoms with van der Waals surface area (Å²) in [5, 5.41) is 11.6. The molecule has 2 fully saturated rings. The number of nitrogens with one attached hydrogen (secondary N) is 1. The van der Waals surface area contributed by atoms with Crippen LogP contribution in [0.4, 0.5) is 17.5 Å². The van der Waals surface area contributed by atoms with E-state index in [1.165, 1.54) is 12.4 Å². The minimum atomic E-state index is -0.0234. The van der Waals surface area contributed by atoms with Gasteiger partial charge in [0.1, 0.15) is 34.4 Å². The lowest BCUT2D eigenvalue weighted by molar-refractivity contribution is -0.127. The molecule has 5 heterocycles. The summed E-state index contributed by atoms with van der Waals surface area (Å²) in [6.45, 7) is 6.95. The van der Waals surface area contributed by atoms with Crippen molar-refractivity contribution in [2.24, 2.45) is 7.05 Å². The fourth-order valence-corrected chi connectivity index (χ4v) is 5.56. The van der Waals surface area contributed by atoms with Crippen molar-refractivity contribution in [2.75, 3.05) is 23.3 Å². The maximum Gasteiger partial charge on any atom is 0.246 e. The number of likely N-dealkylation sites (tertiary alicyclic amines) is 1. The van der Waals surface area contributed by atoms with Crippen LogP contribution in [0, 0.1) is 6.92 Å². The number of carbonyl (C=O) groups excluding carboxylic acids is 1. The van der Waals surface area contributed by atoms with Crippen LogP contribution in [-0.2, 0) is 11.8 Å². The first-order valence-corrected chi connectivity index (χ1v) is 13.0. The molecule has 2 aromatic carbocycles. The molecule has 0 spiro atoms. The molecule has 12 heteroatoms. The molecular formula is C28H26N10O2. The second-order valence-corrected chi connectivity index (χ2v) is 10.1. The van der Waals surface area contributed by atoms with Crippen molar-refractivity contribution in [3.8, 4) is 11.5 Å². The first kappa shape index (κ1) is 23.9. The van der Waals surface area contributed by atoms with Crippen molar-refractivity contribution in [3.05, 3.63) is 67.1 Å². The molecule has 5 aromatic rings. The molecule has 2 aliphatic heterocycles. The number of amides is 1. The Balaban J connectivity index is 1.11. The van der Waals surface area contributed by atoms with Gasteiger partial charge in [0.15, 0.2) is 5.82 Å². The Bertz CT molecular complexity index is 1800. The summed E-state index contributed by atoms with van der Waals surface area (Å²) in [7, 11) is 1.86. The van der Waals surface area contributed by atoms with E-state index in [9.17, 15) is 4.79 Å². The second-order valence-electron chi connectivity index (χ2n) is 10.1. The van der Waals surface area contributed by atoms with Gasteiger partial charge in [-0.15, -0.1) is 5.10 Å². The molecule has 12 nitrogen and oxygen atoms in total. The minimum Gasteiger partial charge on any atom is -0.457 e. The summed E-state index contributed by atoms with van der Waals surface area (Å²) in [4.78, 5) is 34.5. The van der Waals surface area contributed by atoms with Crippen LogP contribution < -0.4 is 15.0 Å². The van der Waals surface area contributed by atoms with Crippen molar-refractivity contribution in [2.45, 2.75) is 25.4 Å². The van der Waals surface area contributed by atoms with Gasteiger partial charge >= 0.3 is 0 Å². The third-order valence-corrected chi connectivity index (χ3v) is 7.57. The van der Waals surface area contributed by atoms with Crippen LogP contribution in [0.5, 0.6) is 11.5 Å². The molecule has 200 valence electrons. The summed E-state index contributed by atoms with van der Waals surface area (Å²) in [5.74, 6) is 2.60. The second kappa shape index (κ2) is 9.26. The average molecular weight is 535 g/mol. The van der Waals surface area contributed by atoms with E-state index in [1.807, 2.05) is 55.3 Å². The van der Waals surface area contributed by atoms with Crippen LogP contribution in [0.15, 0.2) is 61.6 Å². The number of carbonyl (C=O) groups is 1. The lowest BCUT2D eigenvalue weighted by Crippen LogP contribution is -2.48. The number of fused-ring (bicyclic) bond motifs is 4. The van der Waals surface area contributed by atoms with Crippen LogP contribution >= 0.6 is 0 Å². The van der Waals surface area contributed by atoms with E-state index in [1.54, 1.807) is 10.9 Å². The van der Waals surface area contributed by atoms with Gasteiger partial charge in [0.25, 0.3) is 0 Å². The van der Waals surface area contributed by atoms with Crippen LogP contribution in [0.1, 0.15) is 12.0 Å². The predicted molar refractivity (Wildman–Crippen MR) is 150 cm³/mol. The highest BCUT2D eigenvalue weighted by Crippen LogP contribution is 2.35. The van der Waals surface area contributed by atoms with Gasteiger partial charge < -0.3 is 19.9 Å². The number of aryl methyl sites for hydroxylation is 2. The highest BCUT2D eigenvalue weighted by atomic mass is 16.5. The number of aromatic nitrogens is 7. The first-order valence-electron chi connectivity index (χ1n) is 13.0. The fraction of sp³-hybridized carbons (Fsp3) is 0.250. The SMILES string of the molecule is C=CC(=O)N1CC2CC1CN2c1ncc2ncnc(Nc3ccc(Oc4ccc5c(c4)nnn5C)c(C)c3)c2n1. The first-order chi connectivity index (χ1) is 19.5. The van der Waals surface area contributed by atoms with Gasteiger partial charge in [-0.2, -0.15) is 0 Å². The average Bonchev–Trinajstić information content (AvgIpc) is 3.69. The van der Waals surface area contributed by atoms with Gasteiger partial charge in [-0.05, 0) is 55.3 Å². The zero-order chi connectivity index (χ0) is 27.4. The van der Waals surface area contributed by atoms with Gasteiger partial charge in [0.05, 0.1) is 23.8 Å². The lowest BCUT2D eigenvalue weighted by Gasteiger charge is -2.33. The Morgan fingerprint density at radius 3 is 2.80 bits per heavy atom. The van der Waals surface area contributed by atoms with E-state index in [0.29, 0.717) is 41.6 Å². The van der Waals surface area contributed by atoms with E-state index in [2.05, 4.69) is 42.1 Å². The van der Waals surface area contributed by atoms with Crippen LogP contribution in [0.25, 0.3) is 22.1 Å². The largest absolute Gasteiger partial charge is 0.457 e. The Labute approximate surface area is 229 Å².